The van der Waals surface area contributed by atoms with Crippen molar-refractivity contribution in [1.29, 1.82) is 0 Å². The standard InChI is InChI=1S/C15H28N2O/c1-6-7-8-13-14(9-11(2)3)16-17(15(13)18)10-12(4)5/h11-12,18H,6-10H2,1-5H3. The van der Waals surface area contributed by atoms with Crippen LogP contribution in [-0.4, -0.2) is 14.9 Å². The van der Waals surface area contributed by atoms with Crippen molar-refractivity contribution in [2.45, 2.75) is 66.8 Å². The summed E-state index contributed by atoms with van der Waals surface area (Å²) in [6.07, 6.45) is 4.17. The van der Waals surface area contributed by atoms with Crippen LogP contribution in [0.1, 0.15) is 58.7 Å². The first-order valence-corrected chi connectivity index (χ1v) is 7.23. The number of nitrogens with zero attached hydrogens (tertiary/aromatic N) is 2. The quantitative estimate of drug-likeness (QED) is 0.802. The average molecular weight is 252 g/mol. The summed E-state index contributed by atoms with van der Waals surface area (Å²) in [6.45, 7) is 11.7. The maximum Gasteiger partial charge on any atom is 0.212 e. The van der Waals surface area contributed by atoms with E-state index in [1.54, 1.807) is 4.68 Å². The van der Waals surface area contributed by atoms with Gasteiger partial charge in [-0.1, -0.05) is 41.0 Å². The highest BCUT2D eigenvalue weighted by atomic mass is 16.3. The Bertz CT molecular complexity index is 367. The second-order valence-corrected chi connectivity index (χ2v) is 6.03. The summed E-state index contributed by atoms with van der Waals surface area (Å²) in [4.78, 5) is 0. The van der Waals surface area contributed by atoms with Gasteiger partial charge in [-0.15, -0.1) is 0 Å². The summed E-state index contributed by atoms with van der Waals surface area (Å²) in [5.41, 5.74) is 2.17. The van der Waals surface area contributed by atoms with Crippen molar-refractivity contribution in [3.63, 3.8) is 0 Å². The van der Waals surface area contributed by atoms with Gasteiger partial charge in [0.15, 0.2) is 0 Å². The minimum Gasteiger partial charge on any atom is -0.493 e. The number of aromatic nitrogens is 2. The zero-order chi connectivity index (χ0) is 13.7. The number of aromatic hydroxyl groups is 1. The first kappa shape index (κ1) is 15.1. The lowest BCUT2D eigenvalue weighted by Crippen LogP contribution is -2.06. The fraction of sp³-hybridized carbons (Fsp3) is 0.800. The van der Waals surface area contributed by atoms with Crippen molar-refractivity contribution < 1.29 is 5.11 Å². The van der Waals surface area contributed by atoms with Crippen molar-refractivity contribution in [1.82, 2.24) is 9.78 Å². The molecule has 0 unspecified atom stereocenters. The van der Waals surface area contributed by atoms with Crippen molar-refractivity contribution in [2.24, 2.45) is 11.8 Å². The third-order valence-corrected chi connectivity index (χ3v) is 3.02. The summed E-state index contributed by atoms with van der Waals surface area (Å²) in [5.74, 6) is 1.47. The molecule has 0 aliphatic heterocycles. The van der Waals surface area contributed by atoms with Gasteiger partial charge < -0.3 is 5.11 Å². The molecule has 3 heteroatoms. The highest BCUT2D eigenvalue weighted by molar-refractivity contribution is 5.31. The molecule has 1 heterocycles. The van der Waals surface area contributed by atoms with E-state index in [0.29, 0.717) is 17.7 Å². The monoisotopic (exact) mass is 252 g/mol. The van der Waals surface area contributed by atoms with E-state index in [9.17, 15) is 5.11 Å². The van der Waals surface area contributed by atoms with Gasteiger partial charge >= 0.3 is 0 Å². The topological polar surface area (TPSA) is 38.0 Å². The van der Waals surface area contributed by atoms with E-state index in [0.717, 1.165) is 43.5 Å². The molecule has 0 radical (unpaired) electrons. The van der Waals surface area contributed by atoms with Gasteiger partial charge in [-0.3, -0.25) is 0 Å². The van der Waals surface area contributed by atoms with Crippen LogP contribution in [0, 0.1) is 11.8 Å². The molecule has 0 fully saturated rings. The van der Waals surface area contributed by atoms with Crippen LogP contribution in [0.15, 0.2) is 0 Å². The van der Waals surface area contributed by atoms with Crippen LogP contribution in [0.5, 0.6) is 5.88 Å². The molecular weight excluding hydrogens is 224 g/mol. The molecule has 1 rings (SSSR count). The molecule has 1 aromatic heterocycles. The predicted octanol–water partition coefficient (Wildman–Crippen LogP) is 3.79. The largest absolute Gasteiger partial charge is 0.493 e. The lowest BCUT2D eigenvalue weighted by molar-refractivity contribution is 0.368. The molecule has 104 valence electrons. The molecule has 0 bridgehead atoms. The van der Waals surface area contributed by atoms with Crippen LogP contribution in [0.4, 0.5) is 0 Å². The Hall–Kier alpha value is -0.990. The Balaban J connectivity index is 2.97. The van der Waals surface area contributed by atoms with Gasteiger partial charge in [0.1, 0.15) is 0 Å². The van der Waals surface area contributed by atoms with Gasteiger partial charge in [-0.05, 0) is 31.1 Å². The Morgan fingerprint density at radius 1 is 1.17 bits per heavy atom. The van der Waals surface area contributed by atoms with E-state index in [-0.39, 0.29) is 0 Å². The maximum absolute atomic E-state index is 10.3. The molecule has 0 saturated heterocycles. The van der Waals surface area contributed by atoms with Crippen LogP contribution >= 0.6 is 0 Å². The lowest BCUT2D eigenvalue weighted by Gasteiger charge is -2.06. The Labute approximate surface area is 111 Å². The normalized spacial score (nSPS) is 11.7. The Morgan fingerprint density at radius 2 is 1.83 bits per heavy atom. The summed E-state index contributed by atoms with van der Waals surface area (Å²) in [5, 5.41) is 14.9. The molecule has 0 aliphatic rings. The third kappa shape index (κ3) is 4.04. The summed E-state index contributed by atoms with van der Waals surface area (Å²) < 4.78 is 1.79. The van der Waals surface area contributed by atoms with Crippen LogP contribution in [0.2, 0.25) is 0 Å². The number of unbranched alkanes of at least 4 members (excludes halogenated alkanes) is 1. The van der Waals surface area contributed by atoms with E-state index >= 15 is 0 Å². The third-order valence-electron chi connectivity index (χ3n) is 3.02. The predicted molar refractivity (Wildman–Crippen MR) is 75.9 cm³/mol. The minimum atomic E-state index is 0.396. The number of hydrogen-bond acceptors (Lipinski definition) is 2. The summed E-state index contributed by atoms with van der Waals surface area (Å²) >= 11 is 0. The van der Waals surface area contributed by atoms with Crippen LogP contribution in [-0.2, 0) is 19.4 Å². The Kier molecular flexibility index (Phi) is 5.70. The summed E-state index contributed by atoms with van der Waals surface area (Å²) in [7, 11) is 0. The second kappa shape index (κ2) is 6.81. The highest BCUT2D eigenvalue weighted by Crippen LogP contribution is 2.26. The number of rotatable bonds is 7. The average Bonchev–Trinajstić information content (AvgIpc) is 2.51. The maximum atomic E-state index is 10.3. The zero-order valence-electron chi connectivity index (χ0n) is 12.5. The van der Waals surface area contributed by atoms with Crippen LogP contribution < -0.4 is 0 Å². The van der Waals surface area contributed by atoms with Gasteiger partial charge in [-0.25, -0.2) is 4.68 Å². The smallest absolute Gasteiger partial charge is 0.212 e. The van der Waals surface area contributed by atoms with E-state index in [4.69, 9.17) is 0 Å². The van der Waals surface area contributed by atoms with Crippen molar-refractivity contribution in [2.75, 3.05) is 0 Å². The molecule has 0 spiro atoms. The van der Waals surface area contributed by atoms with E-state index in [2.05, 4.69) is 39.7 Å². The SMILES string of the molecule is CCCCc1c(CC(C)C)nn(CC(C)C)c1O. The molecule has 0 amide bonds. The van der Waals surface area contributed by atoms with E-state index in [1.165, 1.54) is 0 Å². The van der Waals surface area contributed by atoms with Crippen molar-refractivity contribution in [3.8, 4) is 5.88 Å². The van der Waals surface area contributed by atoms with E-state index < -0.39 is 0 Å². The lowest BCUT2D eigenvalue weighted by atomic mass is 10.0. The van der Waals surface area contributed by atoms with Crippen molar-refractivity contribution >= 4 is 0 Å². The summed E-state index contributed by atoms with van der Waals surface area (Å²) in [6, 6.07) is 0. The van der Waals surface area contributed by atoms with Gasteiger partial charge in [-0.2, -0.15) is 5.10 Å². The van der Waals surface area contributed by atoms with Crippen LogP contribution in [0.25, 0.3) is 0 Å². The second-order valence-electron chi connectivity index (χ2n) is 6.03. The highest BCUT2D eigenvalue weighted by Gasteiger charge is 2.17. The molecule has 3 nitrogen and oxygen atoms in total. The van der Waals surface area contributed by atoms with Gasteiger partial charge in [0.25, 0.3) is 0 Å². The minimum absolute atomic E-state index is 0.396. The molecule has 0 saturated carbocycles. The molecule has 1 aromatic rings. The van der Waals surface area contributed by atoms with Gasteiger partial charge in [0.2, 0.25) is 5.88 Å². The first-order chi connectivity index (χ1) is 8.45. The number of hydrogen-bond donors (Lipinski definition) is 1. The zero-order valence-corrected chi connectivity index (χ0v) is 12.5. The van der Waals surface area contributed by atoms with Gasteiger partial charge in [0.05, 0.1) is 5.69 Å². The molecule has 0 aromatic carbocycles. The molecule has 18 heavy (non-hydrogen) atoms. The fourth-order valence-electron chi connectivity index (χ4n) is 2.17. The van der Waals surface area contributed by atoms with E-state index in [1.807, 2.05) is 0 Å². The fourth-order valence-corrected chi connectivity index (χ4v) is 2.17. The van der Waals surface area contributed by atoms with Crippen molar-refractivity contribution in [3.05, 3.63) is 11.3 Å². The first-order valence-electron chi connectivity index (χ1n) is 7.23. The molecule has 1 N–H and O–H groups in total. The Morgan fingerprint density at radius 3 is 2.33 bits per heavy atom. The molecule has 0 aliphatic carbocycles. The molecular formula is C15H28N2O. The molecule has 0 atom stereocenters. The van der Waals surface area contributed by atoms with Crippen LogP contribution in [0.3, 0.4) is 0 Å². The van der Waals surface area contributed by atoms with Gasteiger partial charge in [0, 0.05) is 12.1 Å².